The highest BCUT2D eigenvalue weighted by Crippen LogP contribution is 2.33. The van der Waals surface area contributed by atoms with Gasteiger partial charge in [-0.15, -0.1) is 0 Å². The van der Waals surface area contributed by atoms with Crippen LogP contribution < -0.4 is 4.72 Å². The summed E-state index contributed by atoms with van der Waals surface area (Å²) in [5.41, 5.74) is 0.493. The zero-order chi connectivity index (χ0) is 15.8. The summed E-state index contributed by atoms with van der Waals surface area (Å²) in [5, 5.41) is 9.03. The molecule has 0 aliphatic carbocycles. The Hall–Kier alpha value is -1.09. The van der Waals surface area contributed by atoms with Gasteiger partial charge in [0.1, 0.15) is 10.7 Å². The van der Waals surface area contributed by atoms with E-state index in [0.29, 0.717) is 5.69 Å². The molecule has 2 N–H and O–H groups in total. The third kappa shape index (κ3) is 3.39. The van der Waals surface area contributed by atoms with Gasteiger partial charge >= 0.3 is 0 Å². The zero-order valence-electron chi connectivity index (χ0n) is 10.8. The average Bonchev–Trinajstić information content (AvgIpc) is 2.76. The van der Waals surface area contributed by atoms with Gasteiger partial charge in [-0.05, 0) is 34.1 Å². The van der Waals surface area contributed by atoms with E-state index in [2.05, 4.69) is 20.7 Å². The highest BCUT2D eigenvalue weighted by atomic mass is 79.9. The van der Waals surface area contributed by atoms with Crippen molar-refractivity contribution in [3.05, 3.63) is 45.4 Å². The molecule has 0 bridgehead atoms. The van der Waals surface area contributed by atoms with Crippen LogP contribution in [0.3, 0.4) is 0 Å². The molecule has 0 amide bonds. The Bertz CT molecular complexity index is 769. The number of aliphatic hydroxyl groups is 1. The van der Waals surface area contributed by atoms with Crippen LogP contribution in [0.4, 0.5) is 10.1 Å². The van der Waals surface area contributed by atoms with Crippen molar-refractivity contribution in [3.8, 4) is 0 Å². The summed E-state index contributed by atoms with van der Waals surface area (Å²) in [6, 6.07) is 3.45. The molecule has 0 fully saturated rings. The first-order valence-corrected chi connectivity index (χ1v) is 8.33. The molecule has 0 atom stereocenters. The van der Waals surface area contributed by atoms with Gasteiger partial charge in [0, 0.05) is 23.4 Å². The molecule has 0 saturated carbocycles. The number of halogens is 3. The normalized spacial score (nSPS) is 11.7. The van der Waals surface area contributed by atoms with E-state index >= 15 is 0 Å². The van der Waals surface area contributed by atoms with E-state index in [1.54, 1.807) is 7.05 Å². The first kappa shape index (κ1) is 16.3. The van der Waals surface area contributed by atoms with Crippen LogP contribution in [0.15, 0.2) is 33.8 Å². The van der Waals surface area contributed by atoms with Crippen LogP contribution in [0.2, 0.25) is 5.02 Å². The third-order valence-corrected chi connectivity index (χ3v) is 5.04. The number of nitrogens with zero attached hydrogens (tertiary/aromatic N) is 1. The van der Waals surface area contributed by atoms with Crippen LogP contribution in [-0.2, 0) is 23.7 Å². The predicted octanol–water partition coefficient (Wildman–Crippen LogP) is 2.87. The van der Waals surface area contributed by atoms with Gasteiger partial charge in [-0.2, -0.15) is 0 Å². The second-order valence-corrected chi connectivity index (χ2v) is 7.23. The van der Waals surface area contributed by atoms with Crippen molar-refractivity contribution in [2.24, 2.45) is 7.05 Å². The molecule has 1 aromatic carbocycles. The molecule has 114 valence electrons. The molecule has 9 heteroatoms. The Morgan fingerprint density at radius 2 is 2.10 bits per heavy atom. The number of anilines is 1. The summed E-state index contributed by atoms with van der Waals surface area (Å²) in [6.07, 6.45) is 1.36. The number of nitrogens with one attached hydrogen (secondary N) is 1. The van der Waals surface area contributed by atoms with Gasteiger partial charge in [-0.1, -0.05) is 11.6 Å². The number of hydrogen-bond donors (Lipinski definition) is 2. The molecule has 1 heterocycles. The minimum absolute atomic E-state index is 0.0265. The number of aryl methyl sites for hydroxylation is 1. The smallest absolute Gasteiger partial charge is 0.263 e. The maximum absolute atomic E-state index is 13.1. The molecule has 21 heavy (non-hydrogen) atoms. The van der Waals surface area contributed by atoms with Gasteiger partial charge in [-0.25, -0.2) is 12.8 Å². The molecule has 5 nitrogen and oxygen atoms in total. The SMILES string of the molecule is Cn1cc(S(=O)(=O)Nc2c(Cl)cc(F)cc2Br)cc1CO. The molecule has 0 unspecified atom stereocenters. The number of rotatable bonds is 4. The van der Waals surface area contributed by atoms with Crippen molar-refractivity contribution < 1.29 is 17.9 Å². The molecule has 1 aromatic heterocycles. The summed E-state index contributed by atoms with van der Waals surface area (Å²) < 4.78 is 41.7. The van der Waals surface area contributed by atoms with Crippen molar-refractivity contribution in [1.29, 1.82) is 0 Å². The summed E-state index contributed by atoms with van der Waals surface area (Å²) in [6.45, 7) is -0.285. The monoisotopic (exact) mass is 396 g/mol. The zero-order valence-corrected chi connectivity index (χ0v) is 13.9. The summed E-state index contributed by atoms with van der Waals surface area (Å²) in [5.74, 6) is -0.586. The van der Waals surface area contributed by atoms with E-state index in [0.717, 1.165) is 12.1 Å². The van der Waals surface area contributed by atoms with Gasteiger partial charge in [0.2, 0.25) is 0 Å². The number of aliphatic hydroxyl groups excluding tert-OH is 1. The van der Waals surface area contributed by atoms with Crippen molar-refractivity contribution >= 4 is 43.2 Å². The molecule has 0 spiro atoms. The lowest BCUT2D eigenvalue weighted by Gasteiger charge is -2.10. The fourth-order valence-corrected chi connectivity index (χ4v) is 3.99. The molecule has 0 radical (unpaired) electrons. The second-order valence-electron chi connectivity index (χ2n) is 4.29. The Labute approximate surface area is 134 Å². The summed E-state index contributed by atoms with van der Waals surface area (Å²) in [7, 11) is -2.29. The van der Waals surface area contributed by atoms with E-state index in [1.807, 2.05) is 0 Å². The number of hydrogen-bond acceptors (Lipinski definition) is 3. The largest absolute Gasteiger partial charge is 0.390 e. The van der Waals surface area contributed by atoms with Gasteiger partial charge in [0.15, 0.2) is 0 Å². The Morgan fingerprint density at radius 1 is 1.43 bits per heavy atom. The van der Waals surface area contributed by atoms with E-state index < -0.39 is 15.8 Å². The van der Waals surface area contributed by atoms with Crippen LogP contribution in [0, 0.1) is 5.82 Å². The predicted molar refractivity (Wildman–Crippen MR) is 81.3 cm³/mol. The number of sulfonamides is 1. The third-order valence-electron chi connectivity index (χ3n) is 2.80. The lowest BCUT2D eigenvalue weighted by atomic mass is 10.3. The Morgan fingerprint density at radius 3 is 2.62 bits per heavy atom. The summed E-state index contributed by atoms with van der Waals surface area (Å²) >= 11 is 8.91. The minimum Gasteiger partial charge on any atom is -0.390 e. The van der Waals surface area contributed by atoms with Gasteiger partial charge in [0.25, 0.3) is 10.0 Å². The fraction of sp³-hybridized carbons (Fsp3) is 0.167. The molecule has 0 saturated heterocycles. The highest BCUT2D eigenvalue weighted by Gasteiger charge is 2.20. The molecule has 0 aliphatic rings. The van der Waals surface area contributed by atoms with Crippen molar-refractivity contribution in [2.75, 3.05) is 4.72 Å². The fourth-order valence-electron chi connectivity index (χ4n) is 1.71. The van der Waals surface area contributed by atoms with Crippen LogP contribution in [0.1, 0.15) is 5.69 Å². The van der Waals surface area contributed by atoms with Crippen LogP contribution >= 0.6 is 27.5 Å². The number of aromatic nitrogens is 1. The van der Waals surface area contributed by atoms with E-state index in [4.69, 9.17) is 16.7 Å². The minimum atomic E-state index is -3.90. The topological polar surface area (TPSA) is 71.3 Å². The quantitative estimate of drug-likeness (QED) is 0.833. The maximum Gasteiger partial charge on any atom is 0.263 e. The maximum atomic E-state index is 13.1. The molecular formula is C12H11BrClFN2O3S. The highest BCUT2D eigenvalue weighted by molar-refractivity contribution is 9.10. The Kier molecular flexibility index (Phi) is 4.62. The lowest BCUT2D eigenvalue weighted by Crippen LogP contribution is -2.13. The van der Waals surface area contributed by atoms with E-state index in [9.17, 15) is 12.8 Å². The van der Waals surface area contributed by atoms with E-state index in [1.165, 1.54) is 16.8 Å². The van der Waals surface area contributed by atoms with Crippen molar-refractivity contribution in [3.63, 3.8) is 0 Å². The average molecular weight is 398 g/mol. The van der Waals surface area contributed by atoms with Gasteiger partial charge in [-0.3, -0.25) is 4.72 Å². The van der Waals surface area contributed by atoms with Crippen molar-refractivity contribution in [2.45, 2.75) is 11.5 Å². The first-order chi connectivity index (χ1) is 9.74. The van der Waals surface area contributed by atoms with Crippen LogP contribution in [-0.4, -0.2) is 18.1 Å². The standard InChI is InChI=1S/C12H11BrClFN2O3S/c1-17-5-9(4-8(17)6-18)21(19,20)16-12-10(13)2-7(15)3-11(12)14/h2-5,16,18H,6H2,1H3. The van der Waals surface area contributed by atoms with Crippen LogP contribution in [0.5, 0.6) is 0 Å². The molecule has 2 rings (SSSR count). The second kappa shape index (κ2) is 5.96. The van der Waals surface area contributed by atoms with Gasteiger partial charge in [0.05, 0.1) is 17.3 Å². The number of benzene rings is 1. The summed E-state index contributed by atoms with van der Waals surface area (Å²) in [4.78, 5) is -0.0265. The lowest BCUT2D eigenvalue weighted by molar-refractivity contribution is 0.272. The molecular weight excluding hydrogens is 387 g/mol. The Balaban J connectivity index is 2.42. The van der Waals surface area contributed by atoms with Crippen LogP contribution in [0.25, 0.3) is 0 Å². The molecule has 2 aromatic rings. The molecule has 0 aliphatic heterocycles. The van der Waals surface area contributed by atoms with Crippen molar-refractivity contribution in [1.82, 2.24) is 4.57 Å². The first-order valence-electron chi connectivity index (χ1n) is 5.68. The van der Waals surface area contributed by atoms with E-state index in [-0.39, 0.29) is 26.7 Å². The van der Waals surface area contributed by atoms with Gasteiger partial charge < -0.3 is 9.67 Å².